The summed E-state index contributed by atoms with van der Waals surface area (Å²) in [4.78, 5) is 15.7. The molecule has 0 amide bonds. The van der Waals surface area contributed by atoms with E-state index >= 15 is 0 Å². The Kier molecular flexibility index (Phi) is 9.34. The van der Waals surface area contributed by atoms with Crippen LogP contribution in [-0.4, -0.2) is 16.1 Å². The lowest BCUT2D eigenvalue weighted by Gasteiger charge is -1.90. The molecule has 0 atom stereocenters. The van der Waals surface area contributed by atoms with E-state index < -0.39 is 5.97 Å². The van der Waals surface area contributed by atoms with Gasteiger partial charge in [0.2, 0.25) is 0 Å². The first-order valence-electron chi connectivity index (χ1n) is 6.02. The number of nitrogens with zero attached hydrogens (tertiary/aromatic N) is 1. The van der Waals surface area contributed by atoms with Gasteiger partial charge in [0, 0.05) is 11.1 Å². The van der Waals surface area contributed by atoms with Crippen LogP contribution in [0.3, 0.4) is 0 Å². The number of carboxylic acid groups (broad SMARTS) is 1. The average molecular weight is 255 g/mol. The van der Waals surface area contributed by atoms with Crippen LogP contribution in [0.5, 0.6) is 0 Å². The maximum Gasteiger partial charge on any atom is 0.307 e. The summed E-state index contributed by atoms with van der Waals surface area (Å²) < 4.78 is 0. The lowest BCUT2D eigenvalue weighted by Crippen LogP contribution is -1.89. The molecule has 0 spiro atoms. The van der Waals surface area contributed by atoms with Crippen LogP contribution in [0.1, 0.15) is 43.5 Å². The van der Waals surface area contributed by atoms with E-state index in [4.69, 9.17) is 5.11 Å². The van der Waals surface area contributed by atoms with Crippen LogP contribution >= 0.6 is 11.3 Å². The average Bonchev–Trinajstić information content (AvgIpc) is 2.79. The third-order valence-corrected chi connectivity index (χ3v) is 3.12. The van der Waals surface area contributed by atoms with E-state index in [1.54, 1.807) is 17.4 Å². The van der Waals surface area contributed by atoms with Gasteiger partial charge in [0.25, 0.3) is 0 Å². The number of aryl methyl sites for hydroxylation is 2. The van der Waals surface area contributed by atoms with E-state index in [0.717, 1.165) is 19.3 Å². The summed E-state index contributed by atoms with van der Waals surface area (Å²) in [6.07, 6.45) is 8.47. The van der Waals surface area contributed by atoms with Crippen molar-refractivity contribution in [3.63, 3.8) is 0 Å². The molecule has 1 heterocycles. The lowest BCUT2D eigenvalue weighted by molar-refractivity contribution is -0.136. The van der Waals surface area contributed by atoms with Crippen molar-refractivity contribution in [3.05, 3.63) is 28.2 Å². The highest BCUT2D eigenvalue weighted by molar-refractivity contribution is 7.11. The molecule has 0 aromatic carbocycles. The number of carboxylic acids is 1. The number of aromatic nitrogens is 1. The highest BCUT2D eigenvalue weighted by Gasteiger charge is 1.98. The number of carbonyl (C=O) groups is 1. The van der Waals surface area contributed by atoms with Gasteiger partial charge in [-0.05, 0) is 19.3 Å². The van der Waals surface area contributed by atoms with Gasteiger partial charge in [0.15, 0.2) is 0 Å². The van der Waals surface area contributed by atoms with Crippen LogP contribution in [0, 0.1) is 0 Å². The van der Waals surface area contributed by atoms with Gasteiger partial charge in [-0.15, -0.1) is 11.3 Å². The van der Waals surface area contributed by atoms with Crippen molar-refractivity contribution >= 4 is 17.3 Å². The first-order valence-corrected chi connectivity index (χ1v) is 6.84. The van der Waals surface area contributed by atoms with E-state index in [2.05, 4.69) is 11.9 Å². The second-order valence-corrected chi connectivity index (χ2v) is 4.38. The van der Waals surface area contributed by atoms with Crippen LogP contribution in [0.2, 0.25) is 0 Å². The topological polar surface area (TPSA) is 50.2 Å². The maximum atomic E-state index is 10.2. The standard InChI is InChI=1S/C11H15NO2S.C2H6/c1-2-10-12-8-9(15-10)6-4-3-5-7-11(13)14;1-2/h3,5,8H,2,4,6-7H2,1H3,(H,13,14);1-2H3/b5-3+;. The summed E-state index contributed by atoms with van der Waals surface area (Å²) in [7, 11) is 0. The number of rotatable bonds is 6. The molecule has 0 aliphatic heterocycles. The summed E-state index contributed by atoms with van der Waals surface area (Å²) in [5.74, 6) is -0.780. The van der Waals surface area contributed by atoms with E-state index in [1.165, 1.54) is 9.88 Å². The molecule has 0 bridgehead atoms. The van der Waals surface area contributed by atoms with Gasteiger partial charge in [-0.2, -0.15) is 0 Å². The van der Waals surface area contributed by atoms with Crippen LogP contribution in [0.4, 0.5) is 0 Å². The predicted molar refractivity (Wildman–Crippen MR) is 72.6 cm³/mol. The molecule has 0 saturated heterocycles. The molecule has 0 aliphatic rings. The minimum absolute atomic E-state index is 0.114. The Morgan fingerprint density at radius 2 is 2.18 bits per heavy atom. The quantitative estimate of drug-likeness (QED) is 0.789. The first kappa shape index (κ1) is 15.8. The predicted octanol–water partition coefficient (Wildman–Crippen LogP) is 3.70. The summed E-state index contributed by atoms with van der Waals surface area (Å²) >= 11 is 1.74. The largest absolute Gasteiger partial charge is 0.481 e. The van der Waals surface area contributed by atoms with Crippen LogP contribution in [0.25, 0.3) is 0 Å². The Bertz CT molecular complexity index is 345. The number of aliphatic carboxylic acids is 1. The molecule has 3 nitrogen and oxygen atoms in total. The van der Waals surface area contributed by atoms with E-state index in [9.17, 15) is 4.79 Å². The molecule has 1 N–H and O–H groups in total. The van der Waals surface area contributed by atoms with Gasteiger partial charge in [0.1, 0.15) is 0 Å². The molecule has 1 aromatic rings. The Balaban J connectivity index is 0.00000121. The minimum Gasteiger partial charge on any atom is -0.481 e. The second kappa shape index (κ2) is 10.0. The fourth-order valence-corrected chi connectivity index (χ4v) is 2.03. The van der Waals surface area contributed by atoms with Crippen molar-refractivity contribution in [2.24, 2.45) is 0 Å². The van der Waals surface area contributed by atoms with Crippen molar-refractivity contribution in [1.82, 2.24) is 4.98 Å². The molecule has 0 saturated carbocycles. The zero-order valence-electron chi connectivity index (χ0n) is 10.8. The van der Waals surface area contributed by atoms with Crippen molar-refractivity contribution < 1.29 is 9.90 Å². The minimum atomic E-state index is -0.780. The van der Waals surface area contributed by atoms with Gasteiger partial charge >= 0.3 is 5.97 Å². The zero-order chi connectivity index (χ0) is 13.1. The molecule has 4 heteroatoms. The molecule has 0 aliphatic carbocycles. The highest BCUT2D eigenvalue weighted by atomic mass is 32.1. The monoisotopic (exact) mass is 255 g/mol. The third-order valence-electron chi connectivity index (χ3n) is 1.92. The van der Waals surface area contributed by atoms with Gasteiger partial charge in [-0.3, -0.25) is 4.79 Å². The molecule has 0 unspecified atom stereocenters. The zero-order valence-corrected chi connectivity index (χ0v) is 11.6. The Morgan fingerprint density at radius 3 is 2.71 bits per heavy atom. The van der Waals surface area contributed by atoms with Gasteiger partial charge < -0.3 is 5.11 Å². The molecule has 96 valence electrons. The van der Waals surface area contributed by atoms with Crippen molar-refractivity contribution in [2.75, 3.05) is 0 Å². The Labute approximate surface area is 107 Å². The number of hydrogen-bond acceptors (Lipinski definition) is 3. The number of hydrogen-bond donors (Lipinski definition) is 1. The SMILES string of the molecule is CC.CCc1ncc(CC/C=C/CC(=O)O)s1. The Hall–Kier alpha value is -1.16. The third kappa shape index (κ3) is 7.69. The molecule has 1 aromatic heterocycles. The molecule has 0 fully saturated rings. The van der Waals surface area contributed by atoms with Crippen molar-refractivity contribution in [2.45, 2.75) is 46.5 Å². The van der Waals surface area contributed by atoms with Crippen LogP contribution in [0.15, 0.2) is 18.3 Å². The lowest BCUT2D eigenvalue weighted by atomic mass is 10.2. The number of thiazole rings is 1. The summed E-state index contributed by atoms with van der Waals surface area (Å²) in [5, 5.41) is 9.57. The van der Waals surface area contributed by atoms with Crippen molar-refractivity contribution in [3.8, 4) is 0 Å². The maximum absolute atomic E-state index is 10.2. The molecule has 1 rings (SSSR count). The molecule has 17 heavy (non-hydrogen) atoms. The Morgan fingerprint density at radius 1 is 1.47 bits per heavy atom. The van der Waals surface area contributed by atoms with Gasteiger partial charge in [-0.25, -0.2) is 4.98 Å². The van der Waals surface area contributed by atoms with Gasteiger partial charge in [0.05, 0.1) is 11.4 Å². The normalized spacial score (nSPS) is 10.1. The number of allylic oxidation sites excluding steroid dienone is 1. The van der Waals surface area contributed by atoms with E-state index in [1.807, 2.05) is 26.1 Å². The fraction of sp³-hybridized carbons (Fsp3) is 0.538. The summed E-state index contributed by atoms with van der Waals surface area (Å²) in [6, 6.07) is 0. The van der Waals surface area contributed by atoms with Crippen LogP contribution in [-0.2, 0) is 17.6 Å². The van der Waals surface area contributed by atoms with E-state index in [-0.39, 0.29) is 6.42 Å². The van der Waals surface area contributed by atoms with Crippen LogP contribution < -0.4 is 0 Å². The molecular weight excluding hydrogens is 234 g/mol. The molecule has 0 radical (unpaired) electrons. The fourth-order valence-electron chi connectivity index (χ4n) is 1.15. The first-order chi connectivity index (χ1) is 8.22. The summed E-state index contributed by atoms with van der Waals surface area (Å²) in [6.45, 7) is 6.09. The second-order valence-electron chi connectivity index (χ2n) is 3.18. The molecular formula is C13H21NO2S. The summed E-state index contributed by atoms with van der Waals surface area (Å²) in [5.41, 5.74) is 0. The smallest absolute Gasteiger partial charge is 0.307 e. The van der Waals surface area contributed by atoms with Crippen molar-refractivity contribution in [1.29, 1.82) is 0 Å². The highest BCUT2D eigenvalue weighted by Crippen LogP contribution is 2.15. The van der Waals surface area contributed by atoms with Gasteiger partial charge in [-0.1, -0.05) is 32.9 Å². The van der Waals surface area contributed by atoms with E-state index in [0.29, 0.717) is 0 Å².